The van der Waals surface area contributed by atoms with Gasteiger partial charge in [-0.05, 0) is 28.9 Å². The van der Waals surface area contributed by atoms with Crippen LogP contribution in [0, 0.1) is 0 Å². The van der Waals surface area contributed by atoms with Gasteiger partial charge in [-0.2, -0.15) is 0 Å². The summed E-state index contributed by atoms with van der Waals surface area (Å²) < 4.78 is 1.57. The number of aliphatic carboxylic acids is 1. The summed E-state index contributed by atoms with van der Waals surface area (Å²) in [7, 11) is 1.26. The van der Waals surface area contributed by atoms with Crippen molar-refractivity contribution in [3.8, 4) is 11.5 Å². The van der Waals surface area contributed by atoms with Crippen molar-refractivity contribution in [1.29, 1.82) is 0 Å². The van der Waals surface area contributed by atoms with Crippen LogP contribution in [0.5, 0.6) is 11.5 Å². The summed E-state index contributed by atoms with van der Waals surface area (Å²) in [5, 5.41) is 42.3. The number of aromatic hydroxyl groups is 2. The number of nitrogens with zero attached hydrogens (tertiary/aromatic N) is 5. The van der Waals surface area contributed by atoms with Crippen LogP contribution in [-0.4, -0.2) is 78.1 Å². The van der Waals surface area contributed by atoms with Crippen LogP contribution >= 0.6 is 23.1 Å². The molecule has 40 heavy (non-hydrogen) atoms. The maximum atomic E-state index is 13.0. The van der Waals surface area contributed by atoms with Crippen molar-refractivity contribution in [3.63, 3.8) is 0 Å². The first-order valence-corrected chi connectivity index (χ1v) is 13.5. The van der Waals surface area contributed by atoms with Gasteiger partial charge in [0.05, 0.1) is 5.39 Å². The molecule has 1 unspecified atom stereocenters. The van der Waals surface area contributed by atoms with Gasteiger partial charge in [-0.25, -0.2) is 9.78 Å². The number of rotatable bonds is 8. The molecule has 0 spiro atoms. The number of β-lactam (4-membered cyclic amide) rings is 1. The van der Waals surface area contributed by atoms with E-state index in [1.165, 1.54) is 42.6 Å². The number of phenolic OH excluding ortho intramolecular Hbond substituents is 2. The highest BCUT2D eigenvalue weighted by Crippen LogP contribution is 2.40. The highest BCUT2D eigenvalue weighted by molar-refractivity contribution is 8.00. The van der Waals surface area contributed by atoms with Crippen LogP contribution in [0.1, 0.15) is 5.69 Å². The number of benzene rings is 1. The summed E-state index contributed by atoms with van der Waals surface area (Å²) >= 11 is 2.42. The van der Waals surface area contributed by atoms with Gasteiger partial charge < -0.3 is 31.2 Å². The number of thioether (sulfide) groups is 1. The predicted molar refractivity (Wildman–Crippen MR) is 144 cm³/mol. The Morgan fingerprint density at radius 1 is 1.32 bits per heavy atom. The number of anilines is 1. The highest BCUT2D eigenvalue weighted by Gasteiger charge is 2.54. The quantitative estimate of drug-likeness (QED) is 0.0801. The number of oxime groups is 1. The number of amides is 2. The Bertz CT molecular complexity index is 1630. The molecule has 14 nitrogen and oxygen atoms in total. The fourth-order valence-corrected chi connectivity index (χ4v) is 6.10. The average Bonchev–Trinajstić information content (AvgIpc) is 3.36. The number of carboxylic acid groups (broad SMARTS) is 1. The lowest BCUT2D eigenvalue weighted by Crippen LogP contribution is -2.71. The number of hydrogen-bond donors (Lipinski definition) is 5. The van der Waals surface area contributed by atoms with E-state index < -0.39 is 29.2 Å². The van der Waals surface area contributed by atoms with Crippen molar-refractivity contribution in [2.45, 2.75) is 18.0 Å². The molecule has 0 aliphatic carbocycles. The second-order valence-corrected chi connectivity index (χ2v) is 10.6. The fourth-order valence-electron chi connectivity index (χ4n) is 4.24. The molecule has 3 aromatic rings. The monoisotopic (exact) mass is 584 g/mol. The number of carbonyl (C=O) groups excluding carboxylic acids is 2. The van der Waals surface area contributed by atoms with E-state index in [0.29, 0.717) is 16.3 Å². The molecular formula is C24H22N7O7S2+. The van der Waals surface area contributed by atoms with Crippen molar-refractivity contribution < 1.29 is 39.2 Å². The molecule has 2 aliphatic rings. The van der Waals surface area contributed by atoms with Crippen LogP contribution in [-0.2, 0) is 25.8 Å². The van der Waals surface area contributed by atoms with E-state index in [1.54, 1.807) is 23.0 Å². The lowest BCUT2D eigenvalue weighted by atomic mass is 10.0. The second-order valence-electron chi connectivity index (χ2n) is 8.60. The lowest BCUT2D eigenvalue weighted by Gasteiger charge is -2.49. The molecule has 0 saturated carbocycles. The first-order chi connectivity index (χ1) is 19.2. The van der Waals surface area contributed by atoms with E-state index in [1.807, 2.05) is 0 Å². The van der Waals surface area contributed by atoms with E-state index >= 15 is 0 Å². The van der Waals surface area contributed by atoms with Crippen LogP contribution in [0.4, 0.5) is 5.13 Å². The van der Waals surface area contributed by atoms with Crippen molar-refractivity contribution >= 4 is 62.5 Å². The van der Waals surface area contributed by atoms with Gasteiger partial charge in [0.25, 0.3) is 11.8 Å². The summed E-state index contributed by atoms with van der Waals surface area (Å²) in [6, 6.07) is 1.84. The minimum Gasteiger partial charge on any atom is -0.504 e. The van der Waals surface area contributed by atoms with E-state index in [-0.39, 0.29) is 46.0 Å². The Labute approximate surface area is 234 Å². The third-order valence-electron chi connectivity index (χ3n) is 6.07. The maximum absolute atomic E-state index is 13.0. The van der Waals surface area contributed by atoms with Gasteiger partial charge in [0.2, 0.25) is 6.20 Å². The van der Waals surface area contributed by atoms with E-state index in [0.717, 1.165) is 16.2 Å². The number of hydrogen-bond acceptors (Lipinski definition) is 12. The molecule has 1 aromatic carbocycles. The van der Waals surface area contributed by atoms with Gasteiger partial charge >= 0.3 is 5.97 Å². The molecular weight excluding hydrogens is 562 g/mol. The third kappa shape index (κ3) is 5.01. The third-order valence-corrected chi connectivity index (χ3v) is 8.05. The van der Waals surface area contributed by atoms with Gasteiger partial charge in [-0.1, -0.05) is 15.9 Å². The first kappa shape index (κ1) is 26.9. The lowest BCUT2D eigenvalue weighted by molar-refractivity contribution is -0.743. The molecule has 16 heteroatoms. The normalized spacial score (nSPS) is 19.1. The molecule has 2 aliphatic heterocycles. The molecule has 0 radical (unpaired) electrons. The zero-order chi connectivity index (χ0) is 28.6. The number of carbonyl (C=O) groups is 3. The first-order valence-electron chi connectivity index (χ1n) is 11.6. The summed E-state index contributed by atoms with van der Waals surface area (Å²) in [6.45, 7) is 0.275. The van der Waals surface area contributed by atoms with Crippen molar-refractivity contribution in [1.82, 2.24) is 20.3 Å². The number of nitrogens with two attached hydrogens (primary N) is 1. The minimum atomic E-state index is -1.27. The molecule has 206 valence electrons. The van der Waals surface area contributed by atoms with Gasteiger partial charge in [0.15, 0.2) is 28.9 Å². The SMILES string of the molecule is CO/N=C(\C(=O)NC1C(=O)N2C(C(=O)O)=C(/C=C/C[n+]3cc4cc(O)c(O)cc4cn3)CS[C@H]12)c1csc(N)n1. The summed E-state index contributed by atoms with van der Waals surface area (Å²) in [4.78, 5) is 48.0. The molecule has 1 saturated heterocycles. The summed E-state index contributed by atoms with van der Waals surface area (Å²) in [6.07, 6.45) is 6.53. The predicted octanol–water partition coefficient (Wildman–Crippen LogP) is 0.318. The number of nitrogens with one attached hydrogen (secondary N) is 1. The number of phenols is 2. The molecule has 2 atom stereocenters. The largest absolute Gasteiger partial charge is 0.504 e. The Balaban J connectivity index is 1.30. The Kier molecular flexibility index (Phi) is 7.27. The van der Waals surface area contributed by atoms with Crippen molar-refractivity contribution in [2.75, 3.05) is 18.6 Å². The molecule has 5 rings (SSSR count). The van der Waals surface area contributed by atoms with E-state index in [4.69, 9.17) is 10.6 Å². The van der Waals surface area contributed by atoms with Crippen molar-refractivity contribution in [2.24, 2.45) is 5.16 Å². The number of thiazole rings is 1. The van der Waals surface area contributed by atoms with Crippen LogP contribution in [0.15, 0.2) is 58.5 Å². The molecule has 6 N–H and O–H groups in total. The number of carboxylic acids is 1. The molecule has 2 amide bonds. The van der Waals surface area contributed by atoms with Gasteiger partial charge in [-0.15, -0.1) is 23.1 Å². The Morgan fingerprint density at radius 3 is 2.75 bits per heavy atom. The molecule has 0 bridgehead atoms. The molecule has 1 fully saturated rings. The second kappa shape index (κ2) is 10.8. The van der Waals surface area contributed by atoms with Crippen molar-refractivity contribution in [3.05, 3.63) is 59.0 Å². The Hall–Kier alpha value is -4.70. The molecule has 2 aromatic heterocycles. The topological polar surface area (TPSA) is 204 Å². The average molecular weight is 585 g/mol. The van der Waals surface area contributed by atoms with Crippen LogP contribution < -0.4 is 15.7 Å². The Morgan fingerprint density at radius 2 is 2.08 bits per heavy atom. The van der Waals surface area contributed by atoms with Crippen LogP contribution in [0.25, 0.3) is 10.8 Å². The summed E-state index contributed by atoms with van der Waals surface area (Å²) in [5.41, 5.74) is 5.94. The zero-order valence-electron chi connectivity index (χ0n) is 20.7. The van der Waals surface area contributed by atoms with Gasteiger partial charge in [0, 0.05) is 16.5 Å². The minimum absolute atomic E-state index is 0.160. The van der Waals surface area contributed by atoms with Crippen LogP contribution in [0.3, 0.4) is 0 Å². The van der Waals surface area contributed by atoms with Crippen LogP contribution in [0.2, 0.25) is 0 Å². The number of allylic oxidation sites excluding steroid dienone is 2. The van der Waals surface area contributed by atoms with Gasteiger partial charge in [-0.3, -0.25) is 14.5 Å². The smallest absolute Gasteiger partial charge is 0.352 e. The number of fused-ring (bicyclic) bond motifs is 2. The molecule has 4 heterocycles. The van der Waals surface area contributed by atoms with E-state index in [2.05, 4.69) is 20.6 Å². The fraction of sp³-hybridized carbons (Fsp3) is 0.208. The number of aromatic nitrogens is 3. The summed E-state index contributed by atoms with van der Waals surface area (Å²) in [5.74, 6) is -2.77. The maximum Gasteiger partial charge on any atom is 0.352 e. The number of nitrogen functional groups attached to an aromatic ring is 1. The highest BCUT2D eigenvalue weighted by atomic mass is 32.2. The van der Waals surface area contributed by atoms with E-state index in [9.17, 15) is 29.7 Å². The van der Waals surface area contributed by atoms with Gasteiger partial charge in [0.1, 0.15) is 36.1 Å². The standard InChI is InChI=1S/C24H21N7O7S2/c1-38-29-17(14-10-40-24(25)27-14)20(34)28-18-21(35)31-19(23(36)37)11(9-39-22(18)31)3-2-4-30-8-13-6-16(33)15(32)5-12(13)7-26-30/h2-3,5-8,10,18,22H,4,9H2,1H3,(H5,25,27,28,33,34,36,37)/p+1/b3-2+,29-17-/t18?,22-/m1/s1. The zero-order valence-corrected chi connectivity index (χ0v) is 22.3.